The van der Waals surface area contributed by atoms with Gasteiger partial charge in [0.15, 0.2) is 5.82 Å². The van der Waals surface area contributed by atoms with Crippen LogP contribution in [0.25, 0.3) is 10.7 Å². The number of rotatable bonds is 5. The lowest BCUT2D eigenvalue weighted by molar-refractivity contribution is -0.149. The van der Waals surface area contributed by atoms with Gasteiger partial charge in [0.2, 0.25) is 0 Å². The predicted octanol–water partition coefficient (Wildman–Crippen LogP) is 2.06. The zero-order valence-electron chi connectivity index (χ0n) is 11.7. The number of ether oxygens (including phenoxy) is 1. The van der Waals surface area contributed by atoms with Gasteiger partial charge in [0.25, 0.3) is 0 Å². The molecule has 2 aromatic heterocycles. The summed E-state index contributed by atoms with van der Waals surface area (Å²) >= 11 is 1.48. The molecule has 0 spiro atoms. The van der Waals surface area contributed by atoms with Crippen LogP contribution < -0.4 is 4.74 Å². The number of hydrogen-bond donors (Lipinski definition) is 1. The van der Waals surface area contributed by atoms with E-state index in [0.717, 1.165) is 23.5 Å². The standard InChI is InChI=1S/C13H16N4O3S/c1-20-9-6-10(21-7-9)11-14-15-16-17(11)8-13(12(18)19)4-2-3-5-13/h6-7H,2-5,8H2,1H3,(H,18,19). The van der Waals surface area contributed by atoms with Crippen LogP contribution in [0.1, 0.15) is 25.7 Å². The highest BCUT2D eigenvalue weighted by Gasteiger charge is 2.42. The first-order valence-electron chi connectivity index (χ1n) is 6.77. The average molecular weight is 308 g/mol. The molecule has 0 atom stereocenters. The summed E-state index contributed by atoms with van der Waals surface area (Å²) in [5.41, 5.74) is -0.745. The lowest BCUT2D eigenvalue weighted by atomic mass is 9.86. The highest BCUT2D eigenvalue weighted by molar-refractivity contribution is 7.13. The number of carboxylic acids is 1. The molecular formula is C13H16N4O3S. The Bertz CT molecular complexity index is 645. The first kappa shape index (κ1) is 14.0. The molecule has 0 amide bonds. The third kappa shape index (κ3) is 2.51. The van der Waals surface area contributed by atoms with E-state index in [-0.39, 0.29) is 0 Å². The average Bonchev–Trinajstić information content (AvgIpc) is 3.18. The number of methoxy groups -OCH3 is 1. The van der Waals surface area contributed by atoms with Gasteiger partial charge in [0, 0.05) is 11.4 Å². The molecule has 8 heteroatoms. The van der Waals surface area contributed by atoms with Crippen molar-refractivity contribution in [2.24, 2.45) is 5.41 Å². The number of carbonyl (C=O) groups is 1. The SMILES string of the molecule is COc1csc(-c2nnnn2CC2(C(=O)O)CCCC2)c1. The van der Waals surface area contributed by atoms with E-state index in [1.165, 1.54) is 11.3 Å². The molecule has 1 fully saturated rings. The summed E-state index contributed by atoms with van der Waals surface area (Å²) in [6.07, 6.45) is 3.23. The van der Waals surface area contributed by atoms with Gasteiger partial charge in [-0.25, -0.2) is 4.68 Å². The van der Waals surface area contributed by atoms with E-state index in [1.54, 1.807) is 11.8 Å². The van der Waals surface area contributed by atoms with Crippen molar-refractivity contribution >= 4 is 17.3 Å². The molecule has 1 aliphatic carbocycles. The highest BCUT2D eigenvalue weighted by Crippen LogP contribution is 2.40. The Hall–Kier alpha value is -1.96. The number of tetrazole rings is 1. The molecule has 1 saturated carbocycles. The number of hydrogen-bond acceptors (Lipinski definition) is 6. The van der Waals surface area contributed by atoms with E-state index >= 15 is 0 Å². The van der Waals surface area contributed by atoms with E-state index in [2.05, 4.69) is 15.5 Å². The summed E-state index contributed by atoms with van der Waals surface area (Å²) in [6.45, 7) is 0.310. The van der Waals surface area contributed by atoms with Gasteiger partial charge in [-0.15, -0.1) is 16.4 Å². The molecule has 0 aromatic carbocycles. The molecule has 2 aromatic rings. The summed E-state index contributed by atoms with van der Waals surface area (Å²) in [7, 11) is 1.60. The topological polar surface area (TPSA) is 90.1 Å². The Morgan fingerprint density at radius 1 is 1.52 bits per heavy atom. The monoisotopic (exact) mass is 308 g/mol. The van der Waals surface area contributed by atoms with E-state index < -0.39 is 11.4 Å². The molecule has 0 unspecified atom stereocenters. The van der Waals surface area contributed by atoms with Crippen molar-refractivity contribution in [1.29, 1.82) is 0 Å². The maximum Gasteiger partial charge on any atom is 0.311 e. The summed E-state index contributed by atoms with van der Waals surface area (Å²) in [6, 6.07) is 1.86. The molecule has 1 aliphatic rings. The quantitative estimate of drug-likeness (QED) is 0.909. The molecule has 1 N–H and O–H groups in total. The molecule has 3 rings (SSSR count). The third-order valence-corrected chi connectivity index (χ3v) is 4.93. The van der Waals surface area contributed by atoms with Crippen LogP contribution in [0.2, 0.25) is 0 Å². The van der Waals surface area contributed by atoms with E-state index in [4.69, 9.17) is 4.74 Å². The summed E-state index contributed by atoms with van der Waals surface area (Å²) < 4.78 is 6.76. The molecule has 0 bridgehead atoms. The summed E-state index contributed by atoms with van der Waals surface area (Å²) in [4.78, 5) is 12.5. The largest absolute Gasteiger partial charge is 0.496 e. The molecule has 112 valence electrons. The van der Waals surface area contributed by atoms with Crippen LogP contribution in [-0.4, -0.2) is 38.4 Å². The second kappa shape index (κ2) is 5.44. The molecular weight excluding hydrogens is 292 g/mol. The normalized spacial score (nSPS) is 17.0. The minimum absolute atomic E-state index is 0.310. The summed E-state index contributed by atoms with van der Waals surface area (Å²) in [5, 5.41) is 23.1. The number of thiophene rings is 1. The fourth-order valence-electron chi connectivity index (χ4n) is 2.81. The van der Waals surface area contributed by atoms with Crippen molar-refractivity contribution < 1.29 is 14.6 Å². The van der Waals surface area contributed by atoms with Crippen molar-refractivity contribution in [3.05, 3.63) is 11.4 Å². The fraction of sp³-hybridized carbons (Fsp3) is 0.538. The van der Waals surface area contributed by atoms with Gasteiger partial charge < -0.3 is 9.84 Å². The van der Waals surface area contributed by atoms with Gasteiger partial charge in [-0.1, -0.05) is 12.8 Å². The van der Waals surface area contributed by atoms with Gasteiger partial charge in [-0.3, -0.25) is 4.79 Å². The molecule has 7 nitrogen and oxygen atoms in total. The smallest absolute Gasteiger partial charge is 0.311 e. The highest BCUT2D eigenvalue weighted by atomic mass is 32.1. The van der Waals surface area contributed by atoms with Gasteiger partial charge >= 0.3 is 5.97 Å². The lowest BCUT2D eigenvalue weighted by Crippen LogP contribution is -2.33. The zero-order valence-corrected chi connectivity index (χ0v) is 12.5. The maximum absolute atomic E-state index is 11.6. The number of carboxylic acid groups (broad SMARTS) is 1. The maximum atomic E-state index is 11.6. The van der Waals surface area contributed by atoms with Crippen LogP contribution in [-0.2, 0) is 11.3 Å². The van der Waals surface area contributed by atoms with Crippen LogP contribution in [0, 0.1) is 5.41 Å². The molecule has 0 radical (unpaired) electrons. The Balaban J connectivity index is 1.90. The molecule has 0 saturated heterocycles. The molecule has 2 heterocycles. The van der Waals surface area contributed by atoms with Crippen molar-refractivity contribution in [2.45, 2.75) is 32.2 Å². The first-order chi connectivity index (χ1) is 10.1. The third-order valence-electron chi connectivity index (χ3n) is 4.03. The van der Waals surface area contributed by atoms with Crippen LogP contribution >= 0.6 is 11.3 Å². The molecule has 21 heavy (non-hydrogen) atoms. The first-order valence-corrected chi connectivity index (χ1v) is 7.65. The second-order valence-corrected chi connectivity index (χ2v) is 6.21. The van der Waals surface area contributed by atoms with Crippen LogP contribution in [0.4, 0.5) is 0 Å². The number of aliphatic carboxylic acids is 1. The summed E-state index contributed by atoms with van der Waals surface area (Å²) in [5.74, 6) is 0.583. The lowest BCUT2D eigenvalue weighted by Gasteiger charge is -2.23. The van der Waals surface area contributed by atoms with Crippen LogP contribution in [0.3, 0.4) is 0 Å². The van der Waals surface area contributed by atoms with Gasteiger partial charge in [-0.2, -0.15) is 0 Å². The van der Waals surface area contributed by atoms with E-state index in [9.17, 15) is 9.90 Å². The van der Waals surface area contributed by atoms with Crippen molar-refractivity contribution in [2.75, 3.05) is 7.11 Å². The Labute approximate surface area is 125 Å². The molecule has 0 aliphatic heterocycles. The Morgan fingerprint density at radius 2 is 2.29 bits per heavy atom. The second-order valence-electron chi connectivity index (χ2n) is 5.30. The minimum Gasteiger partial charge on any atom is -0.496 e. The van der Waals surface area contributed by atoms with Gasteiger partial charge in [-0.05, 0) is 23.3 Å². The fourth-order valence-corrected chi connectivity index (χ4v) is 3.65. The zero-order chi connectivity index (χ0) is 14.9. The van der Waals surface area contributed by atoms with Crippen LogP contribution in [0.15, 0.2) is 11.4 Å². The Morgan fingerprint density at radius 3 is 2.90 bits per heavy atom. The van der Waals surface area contributed by atoms with Crippen LogP contribution in [0.5, 0.6) is 5.75 Å². The predicted molar refractivity (Wildman–Crippen MR) is 76.2 cm³/mol. The number of aromatic nitrogens is 4. The van der Waals surface area contributed by atoms with Crippen molar-refractivity contribution in [3.8, 4) is 16.5 Å². The van der Waals surface area contributed by atoms with E-state index in [1.807, 2.05) is 11.4 Å². The minimum atomic E-state index is -0.759. The number of nitrogens with zero attached hydrogens (tertiary/aromatic N) is 4. The van der Waals surface area contributed by atoms with E-state index in [0.29, 0.717) is 25.2 Å². The Kier molecular flexibility index (Phi) is 3.62. The van der Waals surface area contributed by atoms with Crippen molar-refractivity contribution in [3.63, 3.8) is 0 Å². The van der Waals surface area contributed by atoms with Crippen molar-refractivity contribution in [1.82, 2.24) is 20.2 Å². The van der Waals surface area contributed by atoms with Gasteiger partial charge in [0.1, 0.15) is 5.75 Å². The van der Waals surface area contributed by atoms with Gasteiger partial charge in [0.05, 0.1) is 23.9 Å².